The third-order valence-corrected chi connectivity index (χ3v) is 3.83. The minimum absolute atomic E-state index is 0.325. The molecule has 0 spiro atoms. The van der Waals surface area contributed by atoms with Crippen LogP contribution in [0.2, 0.25) is 0 Å². The van der Waals surface area contributed by atoms with Crippen molar-refractivity contribution in [3.63, 3.8) is 0 Å². The van der Waals surface area contributed by atoms with E-state index in [4.69, 9.17) is 4.74 Å². The van der Waals surface area contributed by atoms with Gasteiger partial charge >= 0.3 is 5.97 Å². The van der Waals surface area contributed by atoms with Crippen LogP contribution >= 0.6 is 0 Å². The predicted molar refractivity (Wildman–Crippen MR) is 71.7 cm³/mol. The van der Waals surface area contributed by atoms with E-state index in [1.165, 1.54) is 24.4 Å². The van der Waals surface area contributed by atoms with Crippen molar-refractivity contribution in [1.82, 2.24) is 9.88 Å². The van der Waals surface area contributed by atoms with E-state index in [0.29, 0.717) is 24.3 Å². The number of piperidine rings is 1. The second-order valence-electron chi connectivity index (χ2n) is 5.07. The molecule has 1 N–H and O–H groups in total. The summed E-state index contributed by atoms with van der Waals surface area (Å²) in [6, 6.07) is 1.55. The van der Waals surface area contributed by atoms with Gasteiger partial charge in [-0.3, -0.25) is 9.78 Å². The molecule has 6 heteroatoms. The van der Waals surface area contributed by atoms with E-state index in [1.54, 1.807) is 13.0 Å². The molecule has 0 aliphatic carbocycles. The number of hydrogen-bond donors (Lipinski definition) is 1. The standard InChI is InChI=1S/C14H18N2O4/c1-14(13(18)19)6-3-4-8-16(14)12(17)10-5-7-15-9-11(10)20-2/h5,7,9H,3-4,6,8H2,1-2H3,(H,18,19). The monoisotopic (exact) mass is 278 g/mol. The molecule has 20 heavy (non-hydrogen) atoms. The summed E-state index contributed by atoms with van der Waals surface area (Å²) in [5, 5.41) is 9.45. The van der Waals surface area contributed by atoms with Gasteiger partial charge in [-0.05, 0) is 32.3 Å². The van der Waals surface area contributed by atoms with Crippen LogP contribution in [0.25, 0.3) is 0 Å². The van der Waals surface area contributed by atoms with Crippen LogP contribution in [0.5, 0.6) is 5.75 Å². The number of methoxy groups -OCH3 is 1. The first kappa shape index (κ1) is 14.3. The van der Waals surface area contributed by atoms with E-state index in [0.717, 1.165) is 12.8 Å². The molecule has 2 heterocycles. The lowest BCUT2D eigenvalue weighted by molar-refractivity contribution is -0.150. The van der Waals surface area contributed by atoms with Crippen LogP contribution < -0.4 is 4.74 Å². The predicted octanol–water partition coefficient (Wildman–Crippen LogP) is 1.56. The Labute approximate surface area is 117 Å². The molecule has 1 unspecified atom stereocenters. The maximum atomic E-state index is 12.7. The van der Waals surface area contributed by atoms with E-state index < -0.39 is 11.5 Å². The van der Waals surface area contributed by atoms with Gasteiger partial charge in [0, 0.05) is 12.7 Å². The molecule has 108 valence electrons. The lowest BCUT2D eigenvalue weighted by Gasteiger charge is -2.41. The average molecular weight is 278 g/mol. The lowest BCUT2D eigenvalue weighted by Crippen LogP contribution is -2.57. The molecule has 6 nitrogen and oxygen atoms in total. The van der Waals surface area contributed by atoms with Gasteiger partial charge in [-0.25, -0.2) is 4.79 Å². The maximum absolute atomic E-state index is 12.7. The van der Waals surface area contributed by atoms with Crippen LogP contribution in [0.3, 0.4) is 0 Å². The Morgan fingerprint density at radius 2 is 2.20 bits per heavy atom. The van der Waals surface area contributed by atoms with Crippen molar-refractivity contribution in [2.45, 2.75) is 31.7 Å². The maximum Gasteiger partial charge on any atom is 0.329 e. The number of hydrogen-bond acceptors (Lipinski definition) is 4. The van der Waals surface area contributed by atoms with Gasteiger partial charge in [0.1, 0.15) is 11.3 Å². The zero-order chi connectivity index (χ0) is 14.8. The fourth-order valence-electron chi connectivity index (χ4n) is 2.53. The van der Waals surface area contributed by atoms with Gasteiger partial charge < -0.3 is 14.7 Å². The van der Waals surface area contributed by atoms with E-state index in [1.807, 2.05) is 0 Å². The highest BCUT2D eigenvalue weighted by Crippen LogP contribution is 2.31. The normalized spacial score (nSPS) is 22.4. The van der Waals surface area contributed by atoms with Crippen molar-refractivity contribution < 1.29 is 19.4 Å². The average Bonchev–Trinajstić information content (AvgIpc) is 2.47. The second kappa shape index (κ2) is 5.48. The Bertz CT molecular complexity index is 532. The molecule has 1 aliphatic rings. The second-order valence-corrected chi connectivity index (χ2v) is 5.07. The highest BCUT2D eigenvalue weighted by molar-refractivity contribution is 5.99. The molecule has 0 bridgehead atoms. The topological polar surface area (TPSA) is 79.7 Å². The molecule has 1 aliphatic heterocycles. The number of pyridine rings is 1. The van der Waals surface area contributed by atoms with Crippen molar-refractivity contribution in [3.05, 3.63) is 24.0 Å². The molecule has 2 rings (SSSR count). The molecule has 1 fully saturated rings. The van der Waals surface area contributed by atoms with E-state index in [2.05, 4.69) is 4.98 Å². The largest absolute Gasteiger partial charge is 0.494 e. The van der Waals surface area contributed by atoms with Crippen LogP contribution in [-0.4, -0.2) is 46.1 Å². The van der Waals surface area contributed by atoms with Gasteiger partial charge in [0.15, 0.2) is 0 Å². The van der Waals surface area contributed by atoms with Crippen LogP contribution in [-0.2, 0) is 4.79 Å². The number of carbonyl (C=O) groups is 2. The van der Waals surface area contributed by atoms with Crippen molar-refractivity contribution in [1.29, 1.82) is 0 Å². The summed E-state index contributed by atoms with van der Waals surface area (Å²) in [6.45, 7) is 2.03. The summed E-state index contributed by atoms with van der Waals surface area (Å²) < 4.78 is 5.13. The Kier molecular flexibility index (Phi) is 3.92. The number of ether oxygens (including phenoxy) is 1. The minimum atomic E-state index is -1.16. The summed E-state index contributed by atoms with van der Waals surface area (Å²) in [7, 11) is 1.46. The number of amides is 1. The Morgan fingerprint density at radius 1 is 1.45 bits per heavy atom. The fourth-order valence-corrected chi connectivity index (χ4v) is 2.53. The summed E-state index contributed by atoms with van der Waals surface area (Å²) >= 11 is 0. The first-order valence-corrected chi connectivity index (χ1v) is 6.54. The van der Waals surface area contributed by atoms with Crippen molar-refractivity contribution in [2.24, 2.45) is 0 Å². The van der Waals surface area contributed by atoms with Crippen molar-refractivity contribution in [2.75, 3.05) is 13.7 Å². The number of carboxylic acids is 1. The molecule has 0 radical (unpaired) electrons. The van der Waals surface area contributed by atoms with Gasteiger partial charge in [0.25, 0.3) is 5.91 Å². The Morgan fingerprint density at radius 3 is 2.85 bits per heavy atom. The third-order valence-electron chi connectivity index (χ3n) is 3.83. The molecule has 0 aromatic carbocycles. The van der Waals surface area contributed by atoms with Gasteiger partial charge in [-0.2, -0.15) is 0 Å². The van der Waals surface area contributed by atoms with E-state index >= 15 is 0 Å². The third kappa shape index (κ3) is 2.33. The number of aromatic nitrogens is 1. The highest BCUT2D eigenvalue weighted by atomic mass is 16.5. The molecule has 0 saturated carbocycles. The van der Waals surface area contributed by atoms with Crippen LogP contribution in [0.1, 0.15) is 36.5 Å². The SMILES string of the molecule is COc1cnccc1C(=O)N1CCCCC1(C)C(=O)O. The molecule has 1 saturated heterocycles. The molecule has 1 amide bonds. The molecular weight excluding hydrogens is 260 g/mol. The van der Waals surface area contributed by atoms with Crippen LogP contribution in [0.15, 0.2) is 18.5 Å². The summed E-state index contributed by atoms with van der Waals surface area (Å²) in [4.78, 5) is 29.5. The van der Waals surface area contributed by atoms with E-state index in [9.17, 15) is 14.7 Å². The lowest BCUT2D eigenvalue weighted by atomic mass is 9.88. The number of carboxylic acid groups (broad SMARTS) is 1. The first-order valence-electron chi connectivity index (χ1n) is 6.54. The summed E-state index contributed by atoms with van der Waals surface area (Å²) in [5.74, 6) is -0.941. The van der Waals surface area contributed by atoms with Gasteiger partial charge in [0.05, 0.1) is 18.9 Å². The Hall–Kier alpha value is -2.11. The van der Waals surface area contributed by atoms with Crippen molar-refractivity contribution in [3.8, 4) is 5.75 Å². The van der Waals surface area contributed by atoms with Gasteiger partial charge in [0.2, 0.25) is 0 Å². The number of rotatable bonds is 3. The van der Waals surface area contributed by atoms with Gasteiger partial charge in [-0.1, -0.05) is 0 Å². The van der Waals surface area contributed by atoms with Gasteiger partial charge in [-0.15, -0.1) is 0 Å². The number of likely N-dealkylation sites (tertiary alicyclic amines) is 1. The molecular formula is C14H18N2O4. The molecule has 1 aromatic heterocycles. The molecule has 1 atom stereocenters. The smallest absolute Gasteiger partial charge is 0.329 e. The summed E-state index contributed by atoms with van der Waals surface area (Å²) in [6.07, 6.45) is 5.02. The zero-order valence-electron chi connectivity index (χ0n) is 11.6. The van der Waals surface area contributed by atoms with E-state index in [-0.39, 0.29) is 5.91 Å². The number of aliphatic carboxylic acids is 1. The zero-order valence-corrected chi connectivity index (χ0v) is 11.6. The first-order chi connectivity index (χ1) is 9.50. The number of carbonyl (C=O) groups excluding carboxylic acids is 1. The van der Waals surface area contributed by atoms with Crippen LogP contribution in [0, 0.1) is 0 Å². The summed E-state index contributed by atoms with van der Waals surface area (Å²) in [5.41, 5.74) is -0.819. The van der Waals surface area contributed by atoms with Crippen molar-refractivity contribution >= 4 is 11.9 Å². The van der Waals surface area contributed by atoms with Crippen LogP contribution in [0.4, 0.5) is 0 Å². The fraction of sp³-hybridized carbons (Fsp3) is 0.500. The minimum Gasteiger partial charge on any atom is -0.494 e. The quantitative estimate of drug-likeness (QED) is 0.907. The Balaban J connectivity index is 2.38. The highest BCUT2D eigenvalue weighted by Gasteiger charge is 2.44. The molecule has 1 aromatic rings. The number of nitrogens with zero attached hydrogens (tertiary/aromatic N) is 2.